The van der Waals surface area contributed by atoms with Gasteiger partial charge in [0.05, 0.1) is 0 Å². The number of carbonyl (C=O) groups excluding carboxylic acids is 1. The maximum absolute atomic E-state index is 12.0. The van der Waals surface area contributed by atoms with Gasteiger partial charge in [-0.15, -0.1) is 0 Å². The van der Waals surface area contributed by atoms with E-state index in [2.05, 4.69) is 26.1 Å². The zero-order valence-corrected chi connectivity index (χ0v) is 12.2. The van der Waals surface area contributed by atoms with Gasteiger partial charge in [0.25, 0.3) is 0 Å². The fourth-order valence-electron chi connectivity index (χ4n) is 2.27. The number of hydrogen-bond acceptors (Lipinski definition) is 2. The molecule has 108 valence electrons. The third-order valence-corrected chi connectivity index (χ3v) is 3.50. The van der Waals surface area contributed by atoms with Crippen molar-refractivity contribution in [1.29, 1.82) is 0 Å². The van der Waals surface area contributed by atoms with E-state index in [1.54, 1.807) is 0 Å². The van der Waals surface area contributed by atoms with Crippen LogP contribution in [0.1, 0.15) is 52.9 Å². The summed E-state index contributed by atoms with van der Waals surface area (Å²) in [5.41, 5.74) is 1.18. The first-order valence-electron chi connectivity index (χ1n) is 6.98. The van der Waals surface area contributed by atoms with Gasteiger partial charge in [0, 0.05) is 18.5 Å². The SMILES string of the molecule is CC(C)(C)CCNC(=O)C1CCC(=CC(=O)O)CC1. The van der Waals surface area contributed by atoms with Crippen molar-refractivity contribution < 1.29 is 14.7 Å². The van der Waals surface area contributed by atoms with Crippen LogP contribution in [0.2, 0.25) is 0 Å². The fraction of sp³-hybridized carbons (Fsp3) is 0.733. The molecule has 2 N–H and O–H groups in total. The second kappa shape index (κ2) is 6.73. The number of amides is 1. The highest BCUT2D eigenvalue weighted by atomic mass is 16.4. The third-order valence-electron chi connectivity index (χ3n) is 3.50. The van der Waals surface area contributed by atoms with Crippen LogP contribution in [-0.4, -0.2) is 23.5 Å². The van der Waals surface area contributed by atoms with Gasteiger partial charge in [-0.25, -0.2) is 4.79 Å². The van der Waals surface area contributed by atoms with E-state index in [0.717, 1.165) is 44.2 Å². The molecule has 0 bridgehead atoms. The fourth-order valence-corrected chi connectivity index (χ4v) is 2.27. The molecule has 0 unspecified atom stereocenters. The molecule has 1 saturated carbocycles. The Morgan fingerprint density at radius 2 is 1.89 bits per heavy atom. The van der Waals surface area contributed by atoms with Crippen molar-refractivity contribution in [2.45, 2.75) is 52.9 Å². The van der Waals surface area contributed by atoms with Gasteiger partial charge in [-0.2, -0.15) is 0 Å². The molecule has 4 nitrogen and oxygen atoms in total. The average Bonchev–Trinajstić information content (AvgIpc) is 2.27. The summed E-state index contributed by atoms with van der Waals surface area (Å²) in [6.07, 6.45) is 5.23. The van der Waals surface area contributed by atoms with Crippen molar-refractivity contribution in [3.8, 4) is 0 Å². The van der Waals surface area contributed by atoms with Crippen molar-refractivity contribution in [3.63, 3.8) is 0 Å². The van der Waals surface area contributed by atoms with E-state index in [1.165, 1.54) is 6.08 Å². The maximum atomic E-state index is 12.0. The number of rotatable bonds is 4. The summed E-state index contributed by atoms with van der Waals surface area (Å²) >= 11 is 0. The summed E-state index contributed by atoms with van der Waals surface area (Å²) < 4.78 is 0. The summed E-state index contributed by atoms with van der Waals surface area (Å²) in [6, 6.07) is 0. The molecular formula is C15H25NO3. The zero-order chi connectivity index (χ0) is 14.5. The van der Waals surface area contributed by atoms with E-state index in [-0.39, 0.29) is 17.2 Å². The average molecular weight is 267 g/mol. The Balaban J connectivity index is 2.31. The van der Waals surface area contributed by atoms with Crippen LogP contribution in [0, 0.1) is 11.3 Å². The lowest BCUT2D eigenvalue weighted by atomic mass is 9.85. The quantitative estimate of drug-likeness (QED) is 0.770. The molecule has 0 aliphatic heterocycles. The monoisotopic (exact) mass is 267 g/mol. The van der Waals surface area contributed by atoms with Crippen LogP contribution in [0.4, 0.5) is 0 Å². The number of carbonyl (C=O) groups is 2. The van der Waals surface area contributed by atoms with Crippen LogP contribution < -0.4 is 5.32 Å². The predicted molar refractivity (Wildman–Crippen MR) is 74.8 cm³/mol. The molecule has 1 aliphatic carbocycles. The van der Waals surface area contributed by atoms with Crippen LogP contribution in [0.25, 0.3) is 0 Å². The molecule has 0 aromatic heterocycles. The summed E-state index contributed by atoms with van der Waals surface area (Å²) in [5, 5.41) is 11.7. The van der Waals surface area contributed by atoms with Crippen LogP contribution in [0.15, 0.2) is 11.6 Å². The van der Waals surface area contributed by atoms with Crippen LogP contribution in [-0.2, 0) is 9.59 Å². The summed E-state index contributed by atoms with van der Waals surface area (Å²) in [6.45, 7) is 7.19. The third kappa shape index (κ3) is 6.41. The normalized spacial score (nSPS) is 19.9. The van der Waals surface area contributed by atoms with Crippen molar-refractivity contribution >= 4 is 11.9 Å². The molecule has 4 heteroatoms. The minimum absolute atomic E-state index is 0.0471. The Morgan fingerprint density at radius 1 is 1.32 bits per heavy atom. The van der Waals surface area contributed by atoms with E-state index in [1.807, 2.05) is 0 Å². The van der Waals surface area contributed by atoms with E-state index in [4.69, 9.17) is 5.11 Å². The van der Waals surface area contributed by atoms with Crippen molar-refractivity contribution in [1.82, 2.24) is 5.32 Å². The summed E-state index contributed by atoms with van der Waals surface area (Å²) in [7, 11) is 0. The van der Waals surface area contributed by atoms with E-state index >= 15 is 0 Å². The smallest absolute Gasteiger partial charge is 0.328 e. The first kappa shape index (κ1) is 15.7. The molecule has 0 saturated heterocycles. The molecule has 0 aromatic carbocycles. The van der Waals surface area contributed by atoms with E-state index in [9.17, 15) is 9.59 Å². The standard InChI is InChI=1S/C15H25NO3/c1-15(2,3)8-9-16-14(19)12-6-4-11(5-7-12)10-13(17)18/h10,12H,4-9H2,1-3H3,(H,16,19)(H,17,18). The van der Waals surface area contributed by atoms with Crippen molar-refractivity contribution in [2.24, 2.45) is 11.3 Å². The zero-order valence-electron chi connectivity index (χ0n) is 12.2. The highest BCUT2D eigenvalue weighted by molar-refractivity contribution is 5.81. The first-order valence-corrected chi connectivity index (χ1v) is 6.98. The topological polar surface area (TPSA) is 66.4 Å². The summed E-state index contributed by atoms with van der Waals surface area (Å²) in [5.74, 6) is -0.715. The Labute approximate surface area is 115 Å². The minimum atomic E-state index is -0.886. The molecule has 0 aromatic rings. The van der Waals surface area contributed by atoms with Crippen molar-refractivity contribution in [3.05, 3.63) is 11.6 Å². The second-order valence-electron chi connectivity index (χ2n) is 6.52. The van der Waals surface area contributed by atoms with E-state index in [0.29, 0.717) is 0 Å². The van der Waals surface area contributed by atoms with Gasteiger partial charge in [-0.1, -0.05) is 26.3 Å². The molecule has 0 spiro atoms. The van der Waals surface area contributed by atoms with E-state index < -0.39 is 5.97 Å². The number of nitrogens with one attached hydrogen (secondary N) is 1. The lowest BCUT2D eigenvalue weighted by molar-refractivity contribution is -0.131. The molecule has 0 atom stereocenters. The molecule has 1 rings (SSSR count). The number of carboxylic acids is 1. The number of allylic oxidation sites excluding steroid dienone is 1. The lowest BCUT2D eigenvalue weighted by Crippen LogP contribution is -2.34. The highest BCUT2D eigenvalue weighted by Gasteiger charge is 2.23. The molecule has 1 fully saturated rings. The Hall–Kier alpha value is -1.32. The van der Waals surface area contributed by atoms with Gasteiger partial charge in [0.1, 0.15) is 0 Å². The van der Waals surface area contributed by atoms with Gasteiger partial charge in [-0.3, -0.25) is 4.79 Å². The first-order chi connectivity index (χ1) is 8.78. The largest absolute Gasteiger partial charge is 0.478 e. The van der Waals surface area contributed by atoms with Gasteiger partial charge in [0.2, 0.25) is 5.91 Å². The van der Waals surface area contributed by atoms with Crippen LogP contribution in [0.5, 0.6) is 0 Å². The Kier molecular flexibility index (Phi) is 5.58. The molecule has 0 radical (unpaired) electrons. The Bertz CT molecular complexity index is 356. The predicted octanol–water partition coefficient (Wildman–Crippen LogP) is 2.74. The van der Waals surface area contributed by atoms with Gasteiger partial charge in [-0.05, 0) is 37.5 Å². The number of carboxylic acid groups (broad SMARTS) is 1. The van der Waals surface area contributed by atoms with Gasteiger partial charge in [0.15, 0.2) is 0 Å². The Morgan fingerprint density at radius 3 is 2.37 bits per heavy atom. The van der Waals surface area contributed by atoms with Crippen LogP contribution in [0.3, 0.4) is 0 Å². The molecular weight excluding hydrogens is 242 g/mol. The number of aliphatic carboxylic acids is 1. The molecule has 1 amide bonds. The number of hydrogen-bond donors (Lipinski definition) is 2. The molecule has 19 heavy (non-hydrogen) atoms. The van der Waals surface area contributed by atoms with Gasteiger partial charge < -0.3 is 10.4 Å². The highest BCUT2D eigenvalue weighted by Crippen LogP contribution is 2.28. The van der Waals surface area contributed by atoms with Crippen LogP contribution >= 0.6 is 0 Å². The maximum Gasteiger partial charge on any atom is 0.328 e. The van der Waals surface area contributed by atoms with Gasteiger partial charge >= 0.3 is 5.97 Å². The van der Waals surface area contributed by atoms with Crippen molar-refractivity contribution in [2.75, 3.05) is 6.54 Å². The summed E-state index contributed by atoms with van der Waals surface area (Å²) in [4.78, 5) is 22.5. The minimum Gasteiger partial charge on any atom is -0.478 e. The molecule has 1 aliphatic rings. The molecule has 0 heterocycles. The second-order valence-corrected chi connectivity index (χ2v) is 6.52. The lowest BCUT2D eigenvalue weighted by Gasteiger charge is -2.24.